The number of rotatable bonds is 16. The fourth-order valence-corrected chi connectivity index (χ4v) is 3.98. The maximum absolute atomic E-state index is 12.1. The van der Waals surface area contributed by atoms with Gasteiger partial charge in [-0.05, 0) is 38.5 Å². The summed E-state index contributed by atoms with van der Waals surface area (Å²) >= 11 is 0. The zero-order valence-electron chi connectivity index (χ0n) is 19.0. The molecule has 0 saturated heterocycles. The maximum Gasteiger partial charge on any atom is 1.00 e. The Bertz CT molecular complexity index is 450. The Hall–Kier alpha value is -0.320. The number of hydrogen-bond donors (Lipinski definition) is 0. The van der Waals surface area contributed by atoms with Crippen molar-refractivity contribution in [1.82, 2.24) is 0 Å². The summed E-state index contributed by atoms with van der Waals surface area (Å²) in [6.45, 7) is 2.63. The molecule has 0 aromatic carbocycles. The van der Waals surface area contributed by atoms with E-state index >= 15 is 0 Å². The van der Waals surface area contributed by atoms with E-state index in [0.717, 1.165) is 32.1 Å². The second-order valence-electron chi connectivity index (χ2n) is 8.21. The Morgan fingerprint density at radius 3 is 1.93 bits per heavy atom. The van der Waals surface area contributed by atoms with E-state index in [-0.39, 0.29) is 35.5 Å². The molecular formula is C24H41NaO4. The number of carboxylic acids is 1. The van der Waals surface area contributed by atoms with Gasteiger partial charge in [0.2, 0.25) is 0 Å². The van der Waals surface area contributed by atoms with Crippen LogP contribution in [-0.2, 0) is 14.3 Å². The Labute approximate surface area is 200 Å². The Morgan fingerprint density at radius 1 is 0.828 bits per heavy atom. The summed E-state index contributed by atoms with van der Waals surface area (Å²) in [7, 11) is 0. The summed E-state index contributed by atoms with van der Waals surface area (Å²) in [5.74, 6) is -2.65. The van der Waals surface area contributed by atoms with Crippen LogP contribution in [-0.4, -0.2) is 18.5 Å². The zero-order valence-corrected chi connectivity index (χ0v) is 21.0. The van der Waals surface area contributed by atoms with Crippen molar-refractivity contribution in [2.75, 3.05) is 6.61 Å². The van der Waals surface area contributed by atoms with Crippen molar-refractivity contribution >= 4 is 11.9 Å². The number of carboxylic acid groups (broad SMARTS) is 1. The minimum Gasteiger partial charge on any atom is -0.550 e. The number of aliphatic carboxylic acids is 1. The van der Waals surface area contributed by atoms with Crippen molar-refractivity contribution in [3.05, 3.63) is 12.2 Å². The molecule has 0 radical (unpaired) electrons. The standard InChI is InChI=1S/C24H42O4.Na/c1-2-3-4-5-6-7-8-9-10-11-12-13-14-17-20-28-24(27)22-19-16-15-18-21(22)23(25)26;/h12-13,21-22H,2-11,14-20H2,1H3,(H,25,26);/q;+1/p-1/b13-12+;. The molecule has 0 spiro atoms. The quantitative estimate of drug-likeness (QED) is 0.168. The van der Waals surface area contributed by atoms with Crippen LogP contribution in [0.1, 0.15) is 110 Å². The van der Waals surface area contributed by atoms with Gasteiger partial charge in [-0.2, -0.15) is 0 Å². The van der Waals surface area contributed by atoms with Gasteiger partial charge in [0.05, 0.1) is 12.5 Å². The predicted octanol–water partition coefficient (Wildman–Crippen LogP) is 2.35. The van der Waals surface area contributed by atoms with Gasteiger partial charge in [0.15, 0.2) is 0 Å². The third-order valence-electron chi connectivity index (χ3n) is 5.77. The monoisotopic (exact) mass is 416 g/mol. The smallest absolute Gasteiger partial charge is 0.550 e. The summed E-state index contributed by atoms with van der Waals surface area (Å²) in [4.78, 5) is 23.3. The molecule has 29 heavy (non-hydrogen) atoms. The van der Waals surface area contributed by atoms with E-state index in [1.165, 1.54) is 57.8 Å². The molecule has 1 saturated carbocycles. The Kier molecular flexibility index (Phi) is 19.4. The zero-order chi connectivity index (χ0) is 20.5. The number of carbonyl (C=O) groups excluding carboxylic acids is 2. The second-order valence-corrected chi connectivity index (χ2v) is 8.21. The van der Waals surface area contributed by atoms with Gasteiger partial charge in [-0.25, -0.2) is 0 Å². The normalized spacial score (nSPS) is 19.1. The van der Waals surface area contributed by atoms with Gasteiger partial charge in [-0.1, -0.05) is 83.3 Å². The third-order valence-corrected chi connectivity index (χ3v) is 5.77. The average molecular weight is 417 g/mol. The summed E-state index contributed by atoms with van der Waals surface area (Å²) in [6.07, 6.45) is 22.3. The molecule has 0 bridgehead atoms. The van der Waals surface area contributed by atoms with Crippen molar-refractivity contribution in [3.8, 4) is 0 Å². The van der Waals surface area contributed by atoms with Gasteiger partial charge in [0, 0.05) is 11.9 Å². The summed E-state index contributed by atoms with van der Waals surface area (Å²) in [6, 6.07) is 0. The number of carbonyl (C=O) groups is 2. The number of esters is 1. The number of allylic oxidation sites excluding steroid dienone is 2. The van der Waals surface area contributed by atoms with Crippen molar-refractivity contribution in [3.63, 3.8) is 0 Å². The van der Waals surface area contributed by atoms with Crippen LogP contribution in [0, 0.1) is 11.8 Å². The first-order valence-electron chi connectivity index (χ1n) is 11.7. The molecule has 1 fully saturated rings. The molecule has 0 heterocycles. The minimum absolute atomic E-state index is 0. The predicted molar refractivity (Wildman–Crippen MR) is 112 cm³/mol. The van der Waals surface area contributed by atoms with E-state index in [9.17, 15) is 14.7 Å². The average Bonchev–Trinajstić information content (AvgIpc) is 2.70. The minimum atomic E-state index is -1.11. The van der Waals surface area contributed by atoms with Gasteiger partial charge >= 0.3 is 35.5 Å². The van der Waals surface area contributed by atoms with Crippen LogP contribution in [0.15, 0.2) is 12.2 Å². The molecule has 4 nitrogen and oxygen atoms in total. The number of unbranched alkanes of at least 4 members (excludes halogenated alkanes) is 10. The summed E-state index contributed by atoms with van der Waals surface area (Å²) in [5, 5.41) is 11.2. The van der Waals surface area contributed by atoms with Gasteiger partial charge in [-0.3, -0.25) is 4.79 Å². The topological polar surface area (TPSA) is 66.4 Å². The fourth-order valence-electron chi connectivity index (χ4n) is 3.98. The molecule has 2 unspecified atom stereocenters. The molecule has 0 aliphatic heterocycles. The van der Waals surface area contributed by atoms with Crippen LogP contribution in [0.3, 0.4) is 0 Å². The Morgan fingerprint density at radius 2 is 1.34 bits per heavy atom. The van der Waals surface area contributed by atoms with Crippen LogP contribution in [0.5, 0.6) is 0 Å². The van der Waals surface area contributed by atoms with Crippen molar-refractivity contribution in [1.29, 1.82) is 0 Å². The second kappa shape index (κ2) is 19.6. The number of ether oxygens (including phenoxy) is 1. The van der Waals surface area contributed by atoms with Crippen molar-refractivity contribution < 1.29 is 49.0 Å². The molecule has 1 aliphatic carbocycles. The third kappa shape index (κ3) is 14.3. The number of hydrogen-bond acceptors (Lipinski definition) is 4. The molecule has 2 atom stereocenters. The first-order valence-corrected chi connectivity index (χ1v) is 11.7. The van der Waals surface area contributed by atoms with E-state index in [1.54, 1.807) is 0 Å². The molecule has 1 aliphatic rings. The van der Waals surface area contributed by atoms with Gasteiger partial charge < -0.3 is 14.6 Å². The molecule has 162 valence electrons. The molecule has 5 heteroatoms. The van der Waals surface area contributed by atoms with Crippen LogP contribution in [0.2, 0.25) is 0 Å². The molecular weight excluding hydrogens is 375 g/mol. The van der Waals surface area contributed by atoms with Crippen molar-refractivity contribution in [2.24, 2.45) is 11.8 Å². The largest absolute Gasteiger partial charge is 1.00 e. The molecule has 0 aromatic heterocycles. The van der Waals surface area contributed by atoms with Crippen LogP contribution >= 0.6 is 0 Å². The van der Waals surface area contributed by atoms with Gasteiger partial charge in [0.1, 0.15) is 0 Å². The SMILES string of the molecule is CCCCCCCCCCC/C=C/CCCOC(=O)C1CCCCC1C(=O)[O-].[Na+]. The van der Waals surface area contributed by atoms with Crippen LogP contribution < -0.4 is 34.7 Å². The van der Waals surface area contributed by atoms with E-state index in [0.29, 0.717) is 19.4 Å². The molecule has 0 amide bonds. The van der Waals surface area contributed by atoms with Crippen LogP contribution in [0.25, 0.3) is 0 Å². The molecule has 0 N–H and O–H groups in total. The maximum atomic E-state index is 12.1. The Balaban J connectivity index is 0.00000784. The van der Waals surface area contributed by atoms with Crippen molar-refractivity contribution in [2.45, 2.75) is 110 Å². The van der Waals surface area contributed by atoms with Gasteiger partial charge in [0.25, 0.3) is 0 Å². The van der Waals surface area contributed by atoms with E-state index in [1.807, 2.05) is 0 Å². The first kappa shape index (κ1) is 28.7. The summed E-state index contributed by atoms with van der Waals surface area (Å²) < 4.78 is 5.31. The molecule has 0 aromatic rings. The van der Waals surface area contributed by atoms with Crippen LogP contribution in [0.4, 0.5) is 0 Å². The molecule has 1 rings (SSSR count). The first-order chi connectivity index (χ1) is 13.7. The van der Waals surface area contributed by atoms with E-state index < -0.39 is 17.8 Å². The summed E-state index contributed by atoms with van der Waals surface area (Å²) in [5.41, 5.74) is 0. The fraction of sp³-hybridized carbons (Fsp3) is 0.833. The van der Waals surface area contributed by atoms with Gasteiger partial charge in [-0.15, -0.1) is 0 Å². The van der Waals surface area contributed by atoms with E-state index in [4.69, 9.17) is 4.74 Å². The van der Waals surface area contributed by atoms with E-state index in [2.05, 4.69) is 19.1 Å².